The van der Waals surface area contributed by atoms with E-state index in [0.717, 1.165) is 19.4 Å². The standard InChI is InChI=1S/C7H11N2O/c10-6-2-1-4-9-5-3-8-7-9/h3,5,7H,1-2,4,6H2. The minimum Gasteiger partial charge on any atom is -0.337 e. The smallest absolute Gasteiger partial charge is 0.0945 e. The van der Waals surface area contributed by atoms with Gasteiger partial charge in [-0.3, -0.25) is 0 Å². The van der Waals surface area contributed by atoms with Crippen LogP contribution in [0.1, 0.15) is 12.8 Å². The summed E-state index contributed by atoms with van der Waals surface area (Å²) in [6.45, 7) is 0.955. The number of hydrogen-bond donors (Lipinski definition) is 0. The second kappa shape index (κ2) is 4.06. The van der Waals surface area contributed by atoms with Crippen LogP contribution in [0, 0.1) is 0 Å². The van der Waals surface area contributed by atoms with Gasteiger partial charge in [-0.25, -0.2) is 10.1 Å². The van der Waals surface area contributed by atoms with E-state index >= 15 is 0 Å². The zero-order valence-electron chi connectivity index (χ0n) is 5.86. The van der Waals surface area contributed by atoms with Crippen molar-refractivity contribution in [1.82, 2.24) is 9.55 Å². The van der Waals surface area contributed by atoms with Crippen LogP contribution >= 0.6 is 0 Å². The average molecular weight is 139 g/mol. The topological polar surface area (TPSA) is 37.7 Å². The van der Waals surface area contributed by atoms with E-state index in [-0.39, 0.29) is 6.61 Å². The molecule has 1 heterocycles. The SMILES string of the molecule is [O]CCCCn1ccnc1. The molecule has 3 nitrogen and oxygen atoms in total. The molecule has 0 unspecified atom stereocenters. The Morgan fingerprint density at radius 2 is 2.30 bits per heavy atom. The summed E-state index contributed by atoms with van der Waals surface area (Å²) in [6, 6.07) is 0. The molecule has 0 N–H and O–H groups in total. The number of nitrogens with zero attached hydrogens (tertiary/aromatic N) is 2. The van der Waals surface area contributed by atoms with Gasteiger partial charge in [0.05, 0.1) is 12.9 Å². The second-order valence-electron chi connectivity index (χ2n) is 2.21. The maximum absolute atomic E-state index is 10.0. The van der Waals surface area contributed by atoms with Crippen LogP contribution < -0.4 is 0 Å². The molecule has 1 aromatic heterocycles. The zero-order chi connectivity index (χ0) is 7.23. The van der Waals surface area contributed by atoms with Gasteiger partial charge in [-0.05, 0) is 12.8 Å². The Morgan fingerprint density at radius 3 is 2.90 bits per heavy atom. The molecule has 10 heavy (non-hydrogen) atoms. The maximum atomic E-state index is 10.0. The lowest BCUT2D eigenvalue weighted by atomic mass is 10.3. The molecule has 55 valence electrons. The van der Waals surface area contributed by atoms with Crippen LogP contribution in [0.2, 0.25) is 0 Å². The van der Waals surface area contributed by atoms with Crippen molar-refractivity contribution < 1.29 is 5.11 Å². The van der Waals surface area contributed by atoms with Gasteiger partial charge in [0.25, 0.3) is 0 Å². The van der Waals surface area contributed by atoms with E-state index in [1.165, 1.54) is 0 Å². The van der Waals surface area contributed by atoms with Crippen LogP contribution in [-0.4, -0.2) is 16.2 Å². The van der Waals surface area contributed by atoms with Gasteiger partial charge in [0.2, 0.25) is 0 Å². The molecule has 1 aromatic rings. The molecule has 3 heteroatoms. The number of aryl methyl sites for hydroxylation is 1. The predicted octanol–water partition coefficient (Wildman–Crippen LogP) is 1.09. The van der Waals surface area contributed by atoms with E-state index < -0.39 is 0 Å². The van der Waals surface area contributed by atoms with E-state index in [0.29, 0.717) is 0 Å². The van der Waals surface area contributed by atoms with Crippen LogP contribution in [-0.2, 0) is 11.7 Å². The Hall–Kier alpha value is -0.830. The highest BCUT2D eigenvalue weighted by atomic mass is 16.2. The molecule has 0 fully saturated rings. The second-order valence-corrected chi connectivity index (χ2v) is 2.21. The molecule has 0 bridgehead atoms. The first-order valence-electron chi connectivity index (χ1n) is 3.47. The van der Waals surface area contributed by atoms with E-state index in [4.69, 9.17) is 0 Å². The van der Waals surface area contributed by atoms with Gasteiger partial charge in [0.15, 0.2) is 0 Å². The molecule has 1 rings (SSSR count). The molecule has 0 aliphatic carbocycles. The lowest BCUT2D eigenvalue weighted by Gasteiger charge is -1.97. The first kappa shape index (κ1) is 7.28. The summed E-state index contributed by atoms with van der Waals surface area (Å²) < 4.78 is 1.98. The molecule has 1 radical (unpaired) electrons. The van der Waals surface area contributed by atoms with Crippen molar-refractivity contribution in [3.8, 4) is 0 Å². The number of imidazole rings is 1. The first-order valence-corrected chi connectivity index (χ1v) is 3.47. The zero-order valence-corrected chi connectivity index (χ0v) is 5.86. The van der Waals surface area contributed by atoms with Gasteiger partial charge in [-0.15, -0.1) is 0 Å². The average Bonchev–Trinajstić information content (AvgIpc) is 2.41. The summed E-state index contributed by atoms with van der Waals surface area (Å²) in [5, 5.41) is 10.0. The van der Waals surface area contributed by atoms with Gasteiger partial charge >= 0.3 is 0 Å². The Morgan fingerprint density at radius 1 is 1.40 bits per heavy atom. The molecule has 0 spiro atoms. The highest BCUT2D eigenvalue weighted by Crippen LogP contribution is 1.93. The van der Waals surface area contributed by atoms with Crippen molar-refractivity contribution >= 4 is 0 Å². The number of aromatic nitrogens is 2. The van der Waals surface area contributed by atoms with Crippen LogP contribution in [0.5, 0.6) is 0 Å². The van der Waals surface area contributed by atoms with Crippen LogP contribution in [0.3, 0.4) is 0 Å². The van der Waals surface area contributed by atoms with Crippen molar-refractivity contribution in [2.45, 2.75) is 19.4 Å². The van der Waals surface area contributed by atoms with E-state index in [9.17, 15) is 5.11 Å². The number of unbranched alkanes of at least 4 members (excludes halogenated alkanes) is 1. The highest BCUT2D eigenvalue weighted by Gasteiger charge is 1.88. The molecular formula is C7H11N2O. The summed E-state index contributed by atoms with van der Waals surface area (Å²) in [7, 11) is 0. The quantitative estimate of drug-likeness (QED) is 0.575. The molecule has 0 aliphatic heterocycles. The Balaban J connectivity index is 2.15. The van der Waals surface area contributed by atoms with E-state index in [2.05, 4.69) is 4.98 Å². The van der Waals surface area contributed by atoms with Crippen LogP contribution in [0.4, 0.5) is 0 Å². The van der Waals surface area contributed by atoms with E-state index in [1.807, 2.05) is 10.8 Å². The Labute approximate surface area is 60.3 Å². The van der Waals surface area contributed by atoms with E-state index in [1.54, 1.807) is 12.5 Å². The predicted molar refractivity (Wildman–Crippen MR) is 37.0 cm³/mol. The highest BCUT2D eigenvalue weighted by molar-refractivity contribution is 4.73. The van der Waals surface area contributed by atoms with Crippen molar-refractivity contribution in [2.24, 2.45) is 0 Å². The largest absolute Gasteiger partial charge is 0.337 e. The molecule has 0 atom stereocenters. The molecule has 0 aromatic carbocycles. The summed E-state index contributed by atoms with van der Waals surface area (Å²) in [4.78, 5) is 3.89. The summed E-state index contributed by atoms with van der Waals surface area (Å²) >= 11 is 0. The lowest BCUT2D eigenvalue weighted by molar-refractivity contribution is 0.185. The van der Waals surface area contributed by atoms with Crippen molar-refractivity contribution in [3.63, 3.8) is 0 Å². The third kappa shape index (κ3) is 2.19. The van der Waals surface area contributed by atoms with Crippen LogP contribution in [0.25, 0.3) is 0 Å². The van der Waals surface area contributed by atoms with Crippen LogP contribution in [0.15, 0.2) is 18.7 Å². The minimum atomic E-state index is 0.0364. The normalized spacial score (nSPS) is 10.1. The molecule has 0 saturated carbocycles. The van der Waals surface area contributed by atoms with Crippen molar-refractivity contribution in [3.05, 3.63) is 18.7 Å². The van der Waals surface area contributed by atoms with Gasteiger partial charge in [-0.2, -0.15) is 0 Å². The maximum Gasteiger partial charge on any atom is 0.0945 e. The molecular weight excluding hydrogens is 128 g/mol. The van der Waals surface area contributed by atoms with Gasteiger partial charge in [0, 0.05) is 18.9 Å². The third-order valence-corrected chi connectivity index (χ3v) is 1.37. The molecule has 0 aliphatic rings. The fourth-order valence-corrected chi connectivity index (χ4v) is 0.815. The minimum absolute atomic E-state index is 0.0364. The summed E-state index contributed by atoms with van der Waals surface area (Å²) in [6.07, 6.45) is 7.14. The Bertz CT molecular complexity index is 160. The number of rotatable bonds is 4. The van der Waals surface area contributed by atoms with Crippen molar-refractivity contribution in [1.29, 1.82) is 0 Å². The Kier molecular flexibility index (Phi) is 2.96. The molecule has 0 saturated heterocycles. The lowest BCUT2D eigenvalue weighted by Crippen LogP contribution is -1.94. The first-order chi connectivity index (χ1) is 4.93. The summed E-state index contributed by atoms with van der Waals surface area (Å²) in [5.41, 5.74) is 0. The monoisotopic (exact) mass is 139 g/mol. The summed E-state index contributed by atoms with van der Waals surface area (Å²) in [5.74, 6) is 0. The third-order valence-electron chi connectivity index (χ3n) is 1.37. The van der Waals surface area contributed by atoms with Crippen molar-refractivity contribution in [2.75, 3.05) is 6.61 Å². The van der Waals surface area contributed by atoms with Gasteiger partial charge in [0.1, 0.15) is 0 Å². The fraction of sp³-hybridized carbons (Fsp3) is 0.571. The van der Waals surface area contributed by atoms with Gasteiger partial charge < -0.3 is 4.57 Å². The molecule has 0 amide bonds. The number of hydrogen-bond acceptors (Lipinski definition) is 1. The fourth-order valence-electron chi connectivity index (χ4n) is 0.815. The van der Waals surface area contributed by atoms with Gasteiger partial charge in [-0.1, -0.05) is 0 Å².